The lowest BCUT2D eigenvalue weighted by molar-refractivity contribution is -0.141. The molecule has 9 heteroatoms. The van der Waals surface area contributed by atoms with Crippen LogP contribution in [0, 0.1) is 13.8 Å². The van der Waals surface area contributed by atoms with E-state index in [1.807, 2.05) is 32.0 Å². The molecular weight excluding hydrogens is 460 g/mol. The number of benzene rings is 1. The highest BCUT2D eigenvalue weighted by Crippen LogP contribution is 2.26. The number of hydrogen-bond donors (Lipinski definition) is 3. The van der Waals surface area contributed by atoms with Crippen LogP contribution in [-0.4, -0.2) is 53.4 Å². The van der Waals surface area contributed by atoms with Crippen LogP contribution in [0.5, 0.6) is 0 Å². The molecule has 1 aliphatic rings. The molecule has 0 saturated heterocycles. The number of nitrogens with zero attached hydrogens (tertiary/aromatic N) is 1. The van der Waals surface area contributed by atoms with E-state index in [1.54, 1.807) is 27.8 Å². The van der Waals surface area contributed by atoms with E-state index in [0.29, 0.717) is 5.56 Å². The molecule has 2 atom stereocenters. The van der Waals surface area contributed by atoms with Crippen LogP contribution >= 0.6 is 0 Å². The number of ether oxygens (including phenoxy) is 1. The van der Waals surface area contributed by atoms with Crippen molar-refractivity contribution in [3.63, 3.8) is 0 Å². The molecule has 0 aliphatic heterocycles. The summed E-state index contributed by atoms with van der Waals surface area (Å²) in [5.41, 5.74) is 7.17. The molecule has 2 unspecified atom stereocenters. The summed E-state index contributed by atoms with van der Waals surface area (Å²) >= 11 is 0. The third-order valence-corrected chi connectivity index (χ3v) is 6.16. The van der Waals surface area contributed by atoms with Gasteiger partial charge in [-0.3, -0.25) is 14.4 Å². The predicted octanol–water partition coefficient (Wildman–Crippen LogP) is 3.41. The Morgan fingerprint density at radius 2 is 1.64 bits per heavy atom. The average Bonchev–Trinajstić information content (AvgIpc) is 2.74. The fourth-order valence-electron chi connectivity index (χ4n) is 4.61. The first kappa shape index (κ1) is 29.1. The molecule has 0 heterocycles. The summed E-state index contributed by atoms with van der Waals surface area (Å²) in [4.78, 5) is 52.5. The number of hydrogen-bond acceptors (Lipinski definition) is 5. The number of carbonyl (C=O) groups is 4. The van der Waals surface area contributed by atoms with Crippen LogP contribution < -0.4 is 16.4 Å². The quantitative estimate of drug-likeness (QED) is 0.476. The van der Waals surface area contributed by atoms with E-state index in [0.717, 1.165) is 43.2 Å². The molecule has 2 rings (SSSR count). The summed E-state index contributed by atoms with van der Waals surface area (Å²) in [5, 5.41) is 5.70. The van der Waals surface area contributed by atoms with Gasteiger partial charge >= 0.3 is 6.09 Å². The number of likely N-dealkylation sites (N-methyl/N-ethyl adjacent to an activating group) is 1. The van der Waals surface area contributed by atoms with Gasteiger partial charge in [0.15, 0.2) is 0 Å². The van der Waals surface area contributed by atoms with Crippen LogP contribution in [0.3, 0.4) is 0 Å². The Labute approximate surface area is 214 Å². The Hall–Kier alpha value is -3.10. The second-order valence-electron chi connectivity index (χ2n) is 10.8. The largest absolute Gasteiger partial charge is 0.444 e. The minimum atomic E-state index is -1.09. The average molecular weight is 503 g/mol. The maximum absolute atomic E-state index is 13.7. The summed E-state index contributed by atoms with van der Waals surface area (Å²) in [7, 11) is 1.54. The molecule has 36 heavy (non-hydrogen) atoms. The number of nitrogens with one attached hydrogen (secondary N) is 2. The highest BCUT2D eigenvalue weighted by atomic mass is 16.6. The van der Waals surface area contributed by atoms with E-state index in [-0.39, 0.29) is 24.8 Å². The van der Waals surface area contributed by atoms with Crippen LogP contribution in [0.2, 0.25) is 0 Å². The minimum absolute atomic E-state index is 0.0123. The van der Waals surface area contributed by atoms with Gasteiger partial charge in [-0.25, -0.2) is 4.79 Å². The maximum Gasteiger partial charge on any atom is 0.408 e. The van der Waals surface area contributed by atoms with E-state index >= 15 is 0 Å². The van der Waals surface area contributed by atoms with Crippen LogP contribution in [0.1, 0.15) is 88.4 Å². The van der Waals surface area contributed by atoms with Crippen molar-refractivity contribution in [1.82, 2.24) is 15.5 Å². The zero-order valence-electron chi connectivity index (χ0n) is 22.5. The van der Waals surface area contributed by atoms with Gasteiger partial charge in [-0.1, -0.05) is 48.6 Å². The van der Waals surface area contributed by atoms with Crippen molar-refractivity contribution in [3.8, 4) is 0 Å². The zero-order valence-corrected chi connectivity index (χ0v) is 22.5. The van der Waals surface area contributed by atoms with Crippen molar-refractivity contribution in [1.29, 1.82) is 0 Å². The molecule has 0 aromatic heterocycles. The highest BCUT2D eigenvalue weighted by molar-refractivity contribution is 5.92. The van der Waals surface area contributed by atoms with E-state index in [2.05, 4.69) is 10.6 Å². The van der Waals surface area contributed by atoms with Gasteiger partial charge in [0.2, 0.25) is 17.7 Å². The third-order valence-electron chi connectivity index (χ3n) is 6.16. The van der Waals surface area contributed by atoms with Gasteiger partial charge in [0.25, 0.3) is 0 Å². The molecular formula is C27H42N4O5. The van der Waals surface area contributed by atoms with Crippen LogP contribution in [0.25, 0.3) is 0 Å². The van der Waals surface area contributed by atoms with Crippen LogP contribution in [0.15, 0.2) is 18.2 Å². The third kappa shape index (κ3) is 9.17. The fraction of sp³-hybridized carbons (Fsp3) is 0.630. The van der Waals surface area contributed by atoms with Crippen molar-refractivity contribution in [2.24, 2.45) is 5.73 Å². The molecule has 1 fully saturated rings. The van der Waals surface area contributed by atoms with Gasteiger partial charge in [0, 0.05) is 19.5 Å². The Bertz CT molecular complexity index is 930. The first-order valence-corrected chi connectivity index (χ1v) is 12.7. The second-order valence-corrected chi connectivity index (χ2v) is 10.8. The number of aryl methyl sites for hydroxylation is 2. The Balaban J connectivity index is 2.35. The summed E-state index contributed by atoms with van der Waals surface area (Å²) in [5.74, 6) is -1.37. The van der Waals surface area contributed by atoms with Crippen molar-refractivity contribution < 1.29 is 23.9 Å². The second kappa shape index (κ2) is 12.7. The molecule has 1 aromatic carbocycles. The smallest absolute Gasteiger partial charge is 0.408 e. The number of amides is 4. The molecule has 4 N–H and O–H groups in total. The lowest BCUT2D eigenvalue weighted by Gasteiger charge is -2.33. The number of alkyl carbamates (subject to hydrolysis) is 1. The highest BCUT2D eigenvalue weighted by Gasteiger charge is 2.35. The lowest BCUT2D eigenvalue weighted by Crippen LogP contribution is -2.52. The van der Waals surface area contributed by atoms with Gasteiger partial charge < -0.3 is 26.0 Å². The SMILES string of the molecule is Cc1cc(C)cc(C(C(=O)NC2CCCCC2)N(C)C(=O)C(CCC(N)=O)NC(=O)OC(C)(C)C)c1. The van der Waals surface area contributed by atoms with Gasteiger partial charge in [0.1, 0.15) is 17.7 Å². The Kier molecular flexibility index (Phi) is 10.3. The number of rotatable bonds is 9. The monoisotopic (exact) mass is 502 g/mol. The number of primary amides is 1. The summed E-state index contributed by atoms with van der Waals surface area (Å²) in [6.07, 6.45) is 4.18. The Morgan fingerprint density at radius 1 is 1.06 bits per heavy atom. The molecule has 1 aromatic rings. The lowest BCUT2D eigenvalue weighted by atomic mass is 9.94. The van der Waals surface area contributed by atoms with E-state index in [1.165, 1.54) is 4.90 Å². The molecule has 0 radical (unpaired) electrons. The van der Waals surface area contributed by atoms with Crippen molar-refractivity contribution in [2.75, 3.05) is 7.05 Å². The standard InChI is InChI=1S/C27H42N4O5/c1-17-14-18(2)16-19(15-17)23(24(33)29-20-10-8-7-9-11-20)31(6)25(34)21(12-13-22(28)32)30-26(35)36-27(3,4)5/h14-16,20-21,23H,7-13H2,1-6H3,(H2,28,32)(H,29,33)(H,30,35). The Morgan fingerprint density at radius 3 is 2.17 bits per heavy atom. The molecule has 0 bridgehead atoms. The summed E-state index contributed by atoms with van der Waals surface area (Å²) in [6, 6.07) is 3.85. The first-order valence-electron chi connectivity index (χ1n) is 12.7. The number of carbonyl (C=O) groups excluding carboxylic acids is 4. The van der Waals surface area contributed by atoms with Crippen molar-refractivity contribution in [3.05, 3.63) is 34.9 Å². The predicted molar refractivity (Wildman–Crippen MR) is 138 cm³/mol. The van der Waals surface area contributed by atoms with Crippen LogP contribution in [-0.2, 0) is 19.1 Å². The number of nitrogens with two attached hydrogens (primary N) is 1. The minimum Gasteiger partial charge on any atom is -0.444 e. The molecule has 4 amide bonds. The van der Waals surface area contributed by atoms with Gasteiger partial charge in [0.05, 0.1) is 0 Å². The van der Waals surface area contributed by atoms with Crippen LogP contribution in [0.4, 0.5) is 4.79 Å². The maximum atomic E-state index is 13.7. The van der Waals surface area contributed by atoms with E-state index in [9.17, 15) is 19.2 Å². The molecule has 1 aliphatic carbocycles. The van der Waals surface area contributed by atoms with Crippen molar-refractivity contribution in [2.45, 2.75) is 103 Å². The zero-order chi connectivity index (χ0) is 27.0. The van der Waals surface area contributed by atoms with Gasteiger partial charge in [-0.15, -0.1) is 0 Å². The molecule has 1 saturated carbocycles. The van der Waals surface area contributed by atoms with Gasteiger partial charge in [-0.05, 0) is 59.4 Å². The van der Waals surface area contributed by atoms with E-state index < -0.39 is 35.6 Å². The summed E-state index contributed by atoms with van der Waals surface area (Å²) in [6.45, 7) is 9.02. The van der Waals surface area contributed by atoms with Gasteiger partial charge in [-0.2, -0.15) is 0 Å². The topological polar surface area (TPSA) is 131 Å². The molecule has 0 spiro atoms. The first-order chi connectivity index (χ1) is 16.8. The molecule has 200 valence electrons. The van der Waals surface area contributed by atoms with E-state index in [4.69, 9.17) is 10.5 Å². The van der Waals surface area contributed by atoms with Crippen molar-refractivity contribution >= 4 is 23.8 Å². The normalized spacial score (nSPS) is 15.9. The molecule has 9 nitrogen and oxygen atoms in total. The summed E-state index contributed by atoms with van der Waals surface area (Å²) < 4.78 is 5.31. The fourth-order valence-corrected chi connectivity index (χ4v) is 4.61.